The van der Waals surface area contributed by atoms with Crippen LogP contribution in [0.1, 0.15) is 30.1 Å². The third-order valence-corrected chi connectivity index (χ3v) is 3.32. The van der Waals surface area contributed by atoms with Gasteiger partial charge in [0.05, 0.1) is 11.0 Å². The second-order valence-corrected chi connectivity index (χ2v) is 4.75. The molecule has 1 aliphatic rings. The molecule has 1 aliphatic carbocycles. The van der Waals surface area contributed by atoms with Gasteiger partial charge in [0.15, 0.2) is 0 Å². The molecule has 1 fully saturated rings. The number of benzene rings is 1. The van der Waals surface area contributed by atoms with E-state index in [9.17, 15) is 14.9 Å². The average molecular weight is 279 g/mol. The van der Waals surface area contributed by atoms with E-state index in [0.29, 0.717) is 6.61 Å². The number of carbonyl (C=O) groups excluding carboxylic acids is 1. The number of anilines is 1. The maximum atomic E-state index is 12.0. The normalized spacial score (nSPS) is 21.1. The van der Waals surface area contributed by atoms with Crippen molar-refractivity contribution in [1.82, 2.24) is 5.32 Å². The number of nitrogens with zero attached hydrogens (tertiary/aromatic N) is 1. The van der Waals surface area contributed by atoms with E-state index in [1.54, 1.807) is 0 Å². The summed E-state index contributed by atoms with van der Waals surface area (Å²) in [6.45, 7) is 2.59. The Labute approximate surface area is 116 Å². The molecule has 7 nitrogen and oxygen atoms in total. The molecule has 0 atom stereocenters. The standard InChI is InChI=1S/C13H17N3O4/c1-2-20-10-6-9(7-10)15-13(17)8-3-4-11(14)12(5-8)16(18)19/h3-5,9-10H,2,6-7,14H2,1H3,(H,15,17). The van der Waals surface area contributed by atoms with Gasteiger partial charge in [-0.15, -0.1) is 0 Å². The number of nitrogen functional groups attached to an aromatic ring is 1. The molecule has 3 N–H and O–H groups in total. The molecule has 0 aliphatic heterocycles. The predicted molar refractivity (Wildman–Crippen MR) is 73.4 cm³/mol. The fourth-order valence-electron chi connectivity index (χ4n) is 2.17. The molecule has 108 valence electrons. The number of ether oxygens (including phenoxy) is 1. The molecule has 1 aromatic carbocycles. The van der Waals surface area contributed by atoms with Crippen molar-refractivity contribution in [3.05, 3.63) is 33.9 Å². The van der Waals surface area contributed by atoms with Gasteiger partial charge in [-0.25, -0.2) is 0 Å². The number of nitrogens with one attached hydrogen (secondary N) is 1. The van der Waals surface area contributed by atoms with Crippen molar-refractivity contribution in [2.75, 3.05) is 12.3 Å². The number of hydrogen-bond acceptors (Lipinski definition) is 5. The molecule has 1 aromatic rings. The highest BCUT2D eigenvalue weighted by Crippen LogP contribution is 2.25. The number of rotatable bonds is 5. The van der Waals surface area contributed by atoms with Gasteiger partial charge < -0.3 is 15.8 Å². The molecule has 0 heterocycles. The molecular weight excluding hydrogens is 262 g/mol. The minimum absolute atomic E-state index is 0.0478. The molecule has 0 bridgehead atoms. The SMILES string of the molecule is CCOC1CC(NC(=O)c2ccc(N)c([N+](=O)[O-])c2)C1. The zero-order chi connectivity index (χ0) is 14.7. The van der Waals surface area contributed by atoms with Crippen molar-refractivity contribution in [3.63, 3.8) is 0 Å². The molecule has 20 heavy (non-hydrogen) atoms. The van der Waals surface area contributed by atoms with Crippen LogP contribution in [-0.4, -0.2) is 29.6 Å². The highest BCUT2D eigenvalue weighted by Gasteiger charge is 2.31. The second kappa shape index (κ2) is 5.87. The average Bonchev–Trinajstić information content (AvgIpc) is 2.36. The number of amides is 1. The van der Waals surface area contributed by atoms with Crippen molar-refractivity contribution < 1.29 is 14.5 Å². The zero-order valence-corrected chi connectivity index (χ0v) is 11.2. The fraction of sp³-hybridized carbons (Fsp3) is 0.462. The van der Waals surface area contributed by atoms with Gasteiger partial charge in [-0.1, -0.05) is 0 Å². The summed E-state index contributed by atoms with van der Waals surface area (Å²) in [5, 5.41) is 13.6. The fourth-order valence-corrected chi connectivity index (χ4v) is 2.17. The molecule has 1 saturated carbocycles. The van der Waals surface area contributed by atoms with Crippen LogP contribution in [0.25, 0.3) is 0 Å². The van der Waals surface area contributed by atoms with E-state index in [2.05, 4.69) is 5.32 Å². The Morgan fingerprint density at radius 2 is 2.25 bits per heavy atom. The van der Waals surface area contributed by atoms with Crippen LogP contribution in [0.3, 0.4) is 0 Å². The first-order valence-corrected chi connectivity index (χ1v) is 6.47. The molecular formula is C13H17N3O4. The lowest BCUT2D eigenvalue weighted by Gasteiger charge is -2.35. The van der Waals surface area contributed by atoms with Gasteiger partial charge in [0.25, 0.3) is 11.6 Å². The van der Waals surface area contributed by atoms with Crippen LogP contribution in [0.4, 0.5) is 11.4 Å². The summed E-state index contributed by atoms with van der Waals surface area (Å²) >= 11 is 0. The van der Waals surface area contributed by atoms with Gasteiger partial charge in [-0.05, 0) is 31.9 Å². The van der Waals surface area contributed by atoms with Gasteiger partial charge in [0.1, 0.15) is 5.69 Å². The van der Waals surface area contributed by atoms with Crippen LogP contribution in [0.5, 0.6) is 0 Å². The Hall–Kier alpha value is -2.15. The van der Waals surface area contributed by atoms with Gasteiger partial charge >= 0.3 is 0 Å². The molecule has 7 heteroatoms. The minimum Gasteiger partial charge on any atom is -0.393 e. The van der Waals surface area contributed by atoms with E-state index in [0.717, 1.165) is 12.8 Å². The third kappa shape index (κ3) is 3.05. The topological polar surface area (TPSA) is 107 Å². The van der Waals surface area contributed by atoms with Crippen molar-refractivity contribution in [1.29, 1.82) is 0 Å². The molecule has 2 rings (SSSR count). The third-order valence-electron chi connectivity index (χ3n) is 3.32. The Bertz CT molecular complexity index is 526. The van der Waals surface area contributed by atoms with Crippen LogP contribution in [-0.2, 0) is 4.74 Å². The van der Waals surface area contributed by atoms with Gasteiger partial charge in [-0.3, -0.25) is 14.9 Å². The highest BCUT2D eigenvalue weighted by atomic mass is 16.6. The monoisotopic (exact) mass is 279 g/mol. The van der Waals surface area contributed by atoms with Crippen molar-refractivity contribution in [2.45, 2.75) is 31.9 Å². The largest absolute Gasteiger partial charge is 0.393 e. The van der Waals surface area contributed by atoms with Crippen LogP contribution in [0, 0.1) is 10.1 Å². The van der Waals surface area contributed by atoms with E-state index in [4.69, 9.17) is 10.5 Å². The number of nitro groups is 1. The summed E-state index contributed by atoms with van der Waals surface area (Å²) in [7, 11) is 0. The van der Waals surface area contributed by atoms with Gasteiger partial charge in [0, 0.05) is 24.3 Å². The minimum atomic E-state index is -0.597. The van der Waals surface area contributed by atoms with Crippen LogP contribution < -0.4 is 11.1 Å². The van der Waals surface area contributed by atoms with Crippen LogP contribution in [0.2, 0.25) is 0 Å². The quantitative estimate of drug-likeness (QED) is 0.482. The Kier molecular flexibility index (Phi) is 4.19. The number of carbonyl (C=O) groups is 1. The highest BCUT2D eigenvalue weighted by molar-refractivity contribution is 5.95. The lowest BCUT2D eigenvalue weighted by Crippen LogP contribution is -2.47. The first-order chi connectivity index (χ1) is 9.51. The molecule has 1 amide bonds. The summed E-state index contributed by atoms with van der Waals surface area (Å²) in [5.74, 6) is -0.326. The maximum absolute atomic E-state index is 12.0. The summed E-state index contributed by atoms with van der Waals surface area (Å²) < 4.78 is 5.40. The molecule has 0 unspecified atom stereocenters. The van der Waals surface area contributed by atoms with Crippen molar-refractivity contribution in [2.24, 2.45) is 0 Å². The van der Waals surface area contributed by atoms with E-state index < -0.39 is 4.92 Å². The Morgan fingerprint density at radius 3 is 2.85 bits per heavy atom. The first kappa shape index (κ1) is 14.3. The summed E-state index contributed by atoms with van der Waals surface area (Å²) in [4.78, 5) is 22.2. The summed E-state index contributed by atoms with van der Waals surface area (Å²) in [6, 6.07) is 4.12. The van der Waals surface area contributed by atoms with E-state index in [-0.39, 0.29) is 35.0 Å². The maximum Gasteiger partial charge on any atom is 0.292 e. The number of hydrogen-bond donors (Lipinski definition) is 2. The van der Waals surface area contributed by atoms with E-state index in [1.807, 2.05) is 6.92 Å². The Morgan fingerprint density at radius 1 is 1.55 bits per heavy atom. The van der Waals surface area contributed by atoms with Gasteiger partial charge in [0.2, 0.25) is 0 Å². The van der Waals surface area contributed by atoms with Crippen molar-refractivity contribution in [3.8, 4) is 0 Å². The molecule has 0 saturated heterocycles. The lowest BCUT2D eigenvalue weighted by molar-refractivity contribution is -0.383. The summed E-state index contributed by atoms with van der Waals surface area (Å²) in [5.41, 5.74) is 5.53. The van der Waals surface area contributed by atoms with Crippen LogP contribution >= 0.6 is 0 Å². The number of nitrogens with two attached hydrogens (primary N) is 1. The van der Waals surface area contributed by atoms with E-state index in [1.165, 1.54) is 18.2 Å². The molecule has 0 radical (unpaired) electrons. The van der Waals surface area contributed by atoms with Gasteiger partial charge in [-0.2, -0.15) is 0 Å². The van der Waals surface area contributed by atoms with E-state index >= 15 is 0 Å². The Balaban J connectivity index is 1.97. The number of nitro benzene ring substituents is 1. The predicted octanol–water partition coefficient (Wildman–Crippen LogP) is 1.47. The first-order valence-electron chi connectivity index (χ1n) is 6.47. The van der Waals surface area contributed by atoms with Crippen LogP contribution in [0.15, 0.2) is 18.2 Å². The lowest BCUT2D eigenvalue weighted by atomic mass is 9.89. The smallest absolute Gasteiger partial charge is 0.292 e. The zero-order valence-electron chi connectivity index (χ0n) is 11.2. The second-order valence-electron chi connectivity index (χ2n) is 4.75. The summed E-state index contributed by atoms with van der Waals surface area (Å²) in [6.07, 6.45) is 1.75. The molecule has 0 aromatic heterocycles. The molecule has 0 spiro atoms. The van der Waals surface area contributed by atoms with Crippen molar-refractivity contribution >= 4 is 17.3 Å².